The second-order valence-electron chi connectivity index (χ2n) is 9.58. The molecular weight excluding hydrogens is 459 g/mol. The summed E-state index contributed by atoms with van der Waals surface area (Å²) in [4.78, 5) is 6.84. The minimum Gasteiger partial charge on any atom is -0.497 e. The molecule has 1 N–H and O–H groups in total. The van der Waals surface area contributed by atoms with E-state index >= 15 is 4.39 Å². The number of hydrogen-bond acceptors (Lipinski definition) is 5. The summed E-state index contributed by atoms with van der Waals surface area (Å²) in [6.07, 6.45) is 8.42. The third kappa shape index (κ3) is 4.86. The van der Waals surface area contributed by atoms with Crippen molar-refractivity contribution in [3.05, 3.63) is 35.0 Å². The highest BCUT2D eigenvalue weighted by Crippen LogP contribution is 2.55. The van der Waals surface area contributed by atoms with Crippen molar-refractivity contribution in [2.45, 2.75) is 62.8 Å². The summed E-state index contributed by atoms with van der Waals surface area (Å²) >= 11 is 8.72. The lowest BCUT2D eigenvalue weighted by Crippen LogP contribution is -2.52. The first-order valence-corrected chi connectivity index (χ1v) is 13.7. The first-order valence-electron chi connectivity index (χ1n) is 12.2. The van der Waals surface area contributed by atoms with E-state index in [9.17, 15) is 5.11 Å². The fourth-order valence-corrected chi connectivity index (χ4v) is 7.45. The van der Waals surface area contributed by atoms with Gasteiger partial charge in [0.05, 0.1) is 24.3 Å². The maximum atomic E-state index is 17.3. The number of thioether (sulfide) groups is 1. The minimum atomic E-state index is -1.77. The van der Waals surface area contributed by atoms with E-state index in [1.807, 2.05) is 25.1 Å². The molecule has 7 heteroatoms. The maximum absolute atomic E-state index is 17.3. The van der Waals surface area contributed by atoms with Gasteiger partial charge < -0.3 is 14.7 Å². The van der Waals surface area contributed by atoms with E-state index in [4.69, 9.17) is 16.3 Å². The van der Waals surface area contributed by atoms with Gasteiger partial charge in [0.2, 0.25) is 0 Å². The fraction of sp³-hybridized carbons (Fsp3) is 0.654. The van der Waals surface area contributed by atoms with Crippen molar-refractivity contribution in [2.24, 2.45) is 5.41 Å². The summed E-state index contributed by atoms with van der Waals surface area (Å²) in [5, 5.41) is 12.4. The van der Waals surface area contributed by atoms with Gasteiger partial charge in [-0.15, -0.1) is 0 Å². The average Bonchev–Trinajstić information content (AvgIpc) is 3.37. The fourth-order valence-electron chi connectivity index (χ4n) is 5.78. The molecule has 0 amide bonds. The van der Waals surface area contributed by atoms with E-state index < -0.39 is 11.1 Å². The third-order valence-corrected chi connectivity index (χ3v) is 9.58. The second kappa shape index (κ2) is 10.7. The number of halogens is 2. The van der Waals surface area contributed by atoms with Gasteiger partial charge in [0.15, 0.2) is 0 Å². The van der Waals surface area contributed by atoms with Crippen molar-refractivity contribution in [1.29, 1.82) is 0 Å². The average molecular weight is 495 g/mol. The Labute approximate surface area is 206 Å². The van der Waals surface area contributed by atoms with Crippen LogP contribution in [0.15, 0.2) is 24.4 Å². The van der Waals surface area contributed by atoms with Crippen LogP contribution in [0.25, 0.3) is 10.9 Å². The third-order valence-electron chi connectivity index (χ3n) is 7.93. The SMILES string of the molecule is CC[C@](F)(c1c(Cl)cnc2ccc(OC)cc12)C1(CO)CCN(CCSC2CCCC2)CC1. The lowest BCUT2D eigenvalue weighted by atomic mass is 9.63. The topological polar surface area (TPSA) is 45.6 Å². The molecule has 1 aliphatic heterocycles. The summed E-state index contributed by atoms with van der Waals surface area (Å²) in [5.41, 5.74) is -1.52. The normalized spacial score (nSPS) is 21.4. The number of hydrogen-bond donors (Lipinski definition) is 1. The number of ether oxygens (including phenoxy) is 1. The Kier molecular flexibility index (Phi) is 8.10. The highest BCUT2D eigenvalue weighted by molar-refractivity contribution is 7.99. The number of benzene rings is 1. The largest absolute Gasteiger partial charge is 0.497 e. The number of likely N-dealkylation sites (tertiary alicyclic amines) is 1. The quantitative estimate of drug-likeness (QED) is 0.448. The molecule has 4 rings (SSSR count). The number of piperidine rings is 1. The molecular formula is C26H36ClFN2O2S. The molecule has 2 aromatic rings. The van der Waals surface area contributed by atoms with Crippen molar-refractivity contribution in [3.63, 3.8) is 0 Å². The molecule has 4 nitrogen and oxygen atoms in total. The lowest BCUT2D eigenvalue weighted by Gasteiger charge is -2.49. The Morgan fingerprint density at radius 1 is 1.30 bits per heavy atom. The van der Waals surface area contributed by atoms with Crippen LogP contribution in [0.1, 0.15) is 57.4 Å². The van der Waals surface area contributed by atoms with Crippen LogP contribution in [-0.2, 0) is 5.67 Å². The number of fused-ring (bicyclic) bond motifs is 1. The number of aromatic nitrogens is 1. The van der Waals surface area contributed by atoms with Crippen molar-refractivity contribution in [1.82, 2.24) is 9.88 Å². The second-order valence-corrected chi connectivity index (χ2v) is 11.4. The molecule has 0 unspecified atom stereocenters. The Balaban J connectivity index is 1.57. The van der Waals surface area contributed by atoms with Crippen LogP contribution in [0.4, 0.5) is 4.39 Å². The van der Waals surface area contributed by atoms with Gasteiger partial charge in [-0.1, -0.05) is 31.4 Å². The minimum absolute atomic E-state index is 0.202. The van der Waals surface area contributed by atoms with Crippen molar-refractivity contribution in [2.75, 3.05) is 39.1 Å². The zero-order valence-corrected chi connectivity index (χ0v) is 21.4. The highest BCUT2D eigenvalue weighted by atomic mass is 35.5. The van der Waals surface area contributed by atoms with Crippen LogP contribution in [0.3, 0.4) is 0 Å². The van der Waals surface area contributed by atoms with E-state index in [0.29, 0.717) is 40.1 Å². The standard InChI is InChI=1S/C26H36ClFN2O2S/c1-3-26(28,24-21-16-19(32-2)8-9-23(21)29-17-22(24)27)25(18-31)10-12-30(13-11-25)14-15-33-20-6-4-5-7-20/h8-9,16-17,20,31H,3-7,10-15,18H2,1-2H3/t26-/m0/s1. The molecule has 0 radical (unpaired) electrons. The van der Waals surface area contributed by atoms with Crippen molar-refractivity contribution in [3.8, 4) is 5.75 Å². The van der Waals surface area contributed by atoms with E-state index in [0.717, 1.165) is 30.6 Å². The summed E-state index contributed by atoms with van der Waals surface area (Å²) < 4.78 is 22.7. The first-order chi connectivity index (χ1) is 16.0. The smallest absolute Gasteiger partial charge is 0.145 e. The Morgan fingerprint density at radius 3 is 2.67 bits per heavy atom. The summed E-state index contributed by atoms with van der Waals surface area (Å²) in [6.45, 7) is 4.27. The number of rotatable bonds is 9. The molecule has 1 saturated carbocycles. The number of aliphatic hydroxyl groups is 1. The Hall–Kier alpha value is -1.08. The summed E-state index contributed by atoms with van der Waals surface area (Å²) in [6, 6.07) is 5.47. The van der Waals surface area contributed by atoms with Gasteiger partial charge in [0.1, 0.15) is 11.4 Å². The molecule has 1 atom stereocenters. The zero-order valence-electron chi connectivity index (χ0n) is 19.8. The van der Waals surface area contributed by atoms with Gasteiger partial charge >= 0.3 is 0 Å². The molecule has 0 bridgehead atoms. The number of aliphatic hydroxyl groups excluding tert-OH is 1. The Morgan fingerprint density at radius 2 is 2.03 bits per heavy atom. The van der Waals surface area contributed by atoms with Crippen LogP contribution in [-0.4, -0.2) is 59.3 Å². The Bertz CT molecular complexity index is 947. The number of methoxy groups -OCH3 is 1. The van der Waals surface area contributed by atoms with Gasteiger partial charge in [-0.25, -0.2) is 4.39 Å². The van der Waals surface area contributed by atoms with Crippen LogP contribution >= 0.6 is 23.4 Å². The predicted molar refractivity (Wildman–Crippen MR) is 136 cm³/mol. The lowest BCUT2D eigenvalue weighted by molar-refractivity contribution is -0.0921. The first kappa shape index (κ1) is 25.0. The van der Waals surface area contributed by atoms with Crippen molar-refractivity contribution < 1.29 is 14.2 Å². The monoisotopic (exact) mass is 494 g/mol. The van der Waals surface area contributed by atoms with E-state index in [1.165, 1.54) is 31.9 Å². The van der Waals surface area contributed by atoms with Crippen LogP contribution in [0.5, 0.6) is 5.75 Å². The van der Waals surface area contributed by atoms with Gasteiger partial charge in [-0.05, 0) is 63.4 Å². The van der Waals surface area contributed by atoms with E-state index in [2.05, 4.69) is 21.6 Å². The molecule has 1 aromatic heterocycles. The van der Waals surface area contributed by atoms with Gasteiger partial charge in [-0.2, -0.15) is 11.8 Å². The summed E-state index contributed by atoms with van der Waals surface area (Å²) in [5.74, 6) is 1.77. The van der Waals surface area contributed by atoms with Crippen LogP contribution in [0, 0.1) is 5.41 Å². The molecule has 1 aromatic carbocycles. The van der Waals surface area contributed by atoms with Crippen LogP contribution in [0.2, 0.25) is 5.02 Å². The van der Waals surface area contributed by atoms with Crippen LogP contribution < -0.4 is 4.74 Å². The van der Waals surface area contributed by atoms with E-state index in [1.54, 1.807) is 7.11 Å². The van der Waals surface area contributed by atoms with E-state index in [-0.39, 0.29) is 13.0 Å². The number of pyridine rings is 1. The molecule has 1 saturated heterocycles. The van der Waals surface area contributed by atoms with Gasteiger partial charge in [0, 0.05) is 40.1 Å². The molecule has 182 valence electrons. The van der Waals surface area contributed by atoms with Crippen molar-refractivity contribution >= 4 is 34.3 Å². The molecule has 2 fully saturated rings. The molecule has 2 aliphatic rings. The molecule has 1 aliphatic carbocycles. The highest BCUT2D eigenvalue weighted by Gasteiger charge is 2.54. The van der Waals surface area contributed by atoms with Gasteiger partial charge in [-0.3, -0.25) is 4.98 Å². The number of nitrogens with zero attached hydrogens (tertiary/aromatic N) is 2. The maximum Gasteiger partial charge on any atom is 0.145 e. The molecule has 2 heterocycles. The predicted octanol–water partition coefficient (Wildman–Crippen LogP) is 6.22. The number of alkyl halides is 1. The summed E-state index contributed by atoms with van der Waals surface area (Å²) in [7, 11) is 1.59. The van der Waals surface area contributed by atoms with Gasteiger partial charge in [0.25, 0.3) is 0 Å². The zero-order chi connectivity index (χ0) is 23.5. The molecule has 0 spiro atoms. The molecule has 33 heavy (non-hydrogen) atoms.